The summed E-state index contributed by atoms with van der Waals surface area (Å²) in [6.07, 6.45) is -1.21. The van der Waals surface area contributed by atoms with Crippen LogP contribution >= 0.6 is 0 Å². The number of anilines is 1. The Morgan fingerprint density at radius 2 is 2.00 bits per heavy atom. The van der Waals surface area contributed by atoms with Crippen molar-refractivity contribution in [2.24, 2.45) is 0 Å². The van der Waals surface area contributed by atoms with Gasteiger partial charge in [0, 0.05) is 10.6 Å². The van der Waals surface area contributed by atoms with Gasteiger partial charge in [-0.15, -0.1) is 0 Å². The minimum Gasteiger partial charge on any atom is -0.465 e. The van der Waals surface area contributed by atoms with Gasteiger partial charge in [0.2, 0.25) is 6.54 Å². The van der Waals surface area contributed by atoms with Crippen molar-refractivity contribution >= 4 is 11.8 Å². The third kappa shape index (κ3) is 3.23. The summed E-state index contributed by atoms with van der Waals surface area (Å²) >= 11 is 0. The van der Waals surface area contributed by atoms with E-state index in [0.29, 0.717) is 5.69 Å². The van der Waals surface area contributed by atoms with E-state index < -0.39 is 17.6 Å². The lowest BCUT2D eigenvalue weighted by Crippen LogP contribution is -2.33. The molecule has 6 nitrogen and oxygen atoms in total. The maximum atomic E-state index is 10.9. The maximum Gasteiger partial charge on any atom is 0.412 e. The molecule has 6 heteroatoms. The van der Waals surface area contributed by atoms with E-state index in [0.717, 1.165) is 10.5 Å². The standard InChI is InChI=1S/C10H11N2O4/c1-8-2-4-9(5-3-8)11(10(13)14)6-7-12(15)16/h2-5H,1,6-7H2,(H,13,14). The number of hydrogen-bond donors (Lipinski definition) is 1. The van der Waals surface area contributed by atoms with Crippen molar-refractivity contribution in [2.45, 2.75) is 0 Å². The maximum absolute atomic E-state index is 10.9. The smallest absolute Gasteiger partial charge is 0.412 e. The highest BCUT2D eigenvalue weighted by atomic mass is 16.6. The monoisotopic (exact) mass is 223 g/mol. The molecule has 0 aliphatic heterocycles. The summed E-state index contributed by atoms with van der Waals surface area (Å²) in [6.45, 7) is 3.08. The molecule has 85 valence electrons. The summed E-state index contributed by atoms with van der Waals surface area (Å²) in [5.41, 5.74) is 1.16. The first kappa shape index (κ1) is 12.0. The predicted molar refractivity (Wildman–Crippen MR) is 58.1 cm³/mol. The first-order valence-corrected chi connectivity index (χ1v) is 4.55. The van der Waals surface area contributed by atoms with Crippen LogP contribution in [0.15, 0.2) is 24.3 Å². The summed E-state index contributed by atoms with van der Waals surface area (Å²) < 4.78 is 0. The molecule has 0 aliphatic rings. The Balaban J connectivity index is 2.81. The fourth-order valence-electron chi connectivity index (χ4n) is 1.19. The zero-order valence-electron chi connectivity index (χ0n) is 8.50. The van der Waals surface area contributed by atoms with E-state index in [1.54, 1.807) is 24.3 Å². The first-order valence-electron chi connectivity index (χ1n) is 4.55. The SMILES string of the molecule is [CH2]c1ccc(N(CC[N+](=O)[O-])C(=O)O)cc1. The van der Waals surface area contributed by atoms with Gasteiger partial charge in [-0.25, -0.2) is 4.79 Å². The van der Waals surface area contributed by atoms with E-state index in [-0.39, 0.29) is 6.54 Å². The lowest BCUT2D eigenvalue weighted by molar-refractivity contribution is -0.476. The number of benzene rings is 1. The van der Waals surface area contributed by atoms with Crippen LogP contribution in [-0.2, 0) is 0 Å². The Labute approximate surface area is 92.3 Å². The average Bonchev–Trinajstić information content (AvgIpc) is 2.20. The summed E-state index contributed by atoms with van der Waals surface area (Å²) in [4.78, 5) is 21.5. The lowest BCUT2D eigenvalue weighted by Gasteiger charge is -2.17. The second kappa shape index (κ2) is 5.11. The summed E-state index contributed by atoms with van der Waals surface area (Å²) in [7, 11) is 0. The molecule has 0 aromatic heterocycles. The largest absolute Gasteiger partial charge is 0.465 e. The van der Waals surface area contributed by atoms with Crippen LogP contribution < -0.4 is 4.90 Å². The molecule has 0 heterocycles. The Bertz CT molecular complexity index is 388. The van der Waals surface area contributed by atoms with Crippen molar-refractivity contribution in [3.05, 3.63) is 46.9 Å². The quantitative estimate of drug-likeness (QED) is 0.621. The number of nitro groups is 1. The van der Waals surface area contributed by atoms with Gasteiger partial charge < -0.3 is 5.11 Å². The van der Waals surface area contributed by atoms with Crippen LogP contribution in [0.1, 0.15) is 5.56 Å². The van der Waals surface area contributed by atoms with Crippen LogP contribution in [0.5, 0.6) is 0 Å². The zero-order chi connectivity index (χ0) is 12.1. The highest BCUT2D eigenvalue weighted by Gasteiger charge is 2.16. The van der Waals surface area contributed by atoms with E-state index in [4.69, 9.17) is 5.11 Å². The van der Waals surface area contributed by atoms with Gasteiger partial charge in [-0.3, -0.25) is 15.0 Å². The Morgan fingerprint density at radius 1 is 1.44 bits per heavy atom. The molecule has 1 amide bonds. The number of carbonyl (C=O) groups is 1. The molecule has 1 aromatic rings. The molecule has 0 fully saturated rings. The molecule has 0 aliphatic carbocycles. The molecule has 1 N–H and O–H groups in total. The predicted octanol–water partition coefficient (Wildman–Crippen LogP) is 1.63. The van der Waals surface area contributed by atoms with Gasteiger partial charge >= 0.3 is 6.09 Å². The van der Waals surface area contributed by atoms with Crippen molar-refractivity contribution in [2.75, 3.05) is 18.0 Å². The van der Waals surface area contributed by atoms with Crippen LogP contribution in [-0.4, -0.2) is 29.2 Å². The highest BCUT2D eigenvalue weighted by molar-refractivity contribution is 5.85. The molecule has 1 aromatic carbocycles. The summed E-state index contributed by atoms with van der Waals surface area (Å²) in [5.74, 6) is 0. The molecular formula is C10H11N2O4. The molecule has 0 saturated heterocycles. The van der Waals surface area contributed by atoms with Gasteiger partial charge in [0.25, 0.3) is 0 Å². The zero-order valence-corrected chi connectivity index (χ0v) is 8.50. The second-order valence-corrected chi connectivity index (χ2v) is 3.16. The Kier molecular flexibility index (Phi) is 3.82. The van der Waals surface area contributed by atoms with E-state index >= 15 is 0 Å². The summed E-state index contributed by atoms with van der Waals surface area (Å²) in [6, 6.07) is 6.43. The van der Waals surface area contributed by atoms with Gasteiger partial charge in [0.05, 0.1) is 6.54 Å². The fraction of sp³-hybridized carbons (Fsp3) is 0.200. The fourth-order valence-corrected chi connectivity index (χ4v) is 1.19. The molecule has 0 unspecified atom stereocenters. The molecule has 1 rings (SSSR count). The van der Waals surface area contributed by atoms with Crippen molar-refractivity contribution in [1.82, 2.24) is 0 Å². The number of rotatable bonds is 4. The normalized spacial score (nSPS) is 9.81. The number of hydrogen-bond acceptors (Lipinski definition) is 3. The Hall–Kier alpha value is -2.11. The van der Waals surface area contributed by atoms with Gasteiger partial charge in [0.15, 0.2) is 0 Å². The third-order valence-corrected chi connectivity index (χ3v) is 1.99. The number of carboxylic acid groups (broad SMARTS) is 1. The van der Waals surface area contributed by atoms with Gasteiger partial charge in [0.1, 0.15) is 0 Å². The van der Waals surface area contributed by atoms with Crippen LogP contribution in [0, 0.1) is 17.0 Å². The molecule has 0 spiro atoms. The van der Waals surface area contributed by atoms with E-state index in [1.807, 2.05) is 0 Å². The topological polar surface area (TPSA) is 83.7 Å². The first-order chi connectivity index (χ1) is 7.50. The molecular weight excluding hydrogens is 212 g/mol. The van der Waals surface area contributed by atoms with Crippen LogP contribution in [0.4, 0.5) is 10.5 Å². The van der Waals surface area contributed by atoms with Gasteiger partial charge in [-0.2, -0.15) is 0 Å². The molecule has 0 saturated carbocycles. The lowest BCUT2D eigenvalue weighted by atomic mass is 10.2. The van der Waals surface area contributed by atoms with Crippen molar-refractivity contribution in [3.63, 3.8) is 0 Å². The molecule has 0 bridgehead atoms. The van der Waals surface area contributed by atoms with E-state index in [1.165, 1.54) is 0 Å². The van der Waals surface area contributed by atoms with Crippen LogP contribution in [0.2, 0.25) is 0 Å². The van der Waals surface area contributed by atoms with Crippen molar-refractivity contribution in [1.29, 1.82) is 0 Å². The van der Waals surface area contributed by atoms with E-state index in [9.17, 15) is 14.9 Å². The van der Waals surface area contributed by atoms with Crippen molar-refractivity contribution in [3.8, 4) is 0 Å². The number of amides is 1. The minimum atomic E-state index is -1.21. The minimum absolute atomic E-state index is 0.168. The third-order valence-electron chi connectivity index (χ3n) is 1.99. The van der Waals surface area contributed by atoms with Crippen LogP contribution in [0.3, 0.4) is 0 Å². The summed E-state index contributed by atoms with van der Waals surface area (Å²) in [5, 5.41) is 19.1. The molecule has 0 atom stereocenters. The molecule has 1 radical (unpaired) electrons. The highest BCUT2D eigenvalue weighted by Crippen LogP contribution is 2.14. The van der Waals surface area contributed by atoms with Gasteiger partial charge in [-0.05, 0) is 24.6 Å². The second-order valence-electron chi connectivity index (χ2n) is 3.16. The van der Waals surface area contributed by atoms with Crippen molar-refractivity contribution < 1.29 is 14.8 Å². The van der Waals surface area contributed by atoms with Crippen LogP contribution in [0.25, 0.3) is 0 Å². The Morgan fingerprint density at radius 3 is 2.44 bits per heavy atom. The van der Waals surface area contributed by atoms with E-state index in [2.05, 4.69) is 6.92 Å². The average molecular weight is 223 g/mol. The number of nitrogens with zero attached hydrogens (tertiary/aromatic N) is 2. The molecule has 16 heavy (non-hydrogen) atoms. The van der Waals surface area contributed by atoms with Gasteiger partial charge in [-0.1, -0.05) is 12.1 Å².